The minimum Gasteiger partial charge on any atom is -0.366 e. The minimum absolute atomic E-state index is 0.334. The fourth-order valence-electron chi connectivity index (χ4n) is 2.41. The molecule has 0 bridgehead atoms. The summed E-state index contributed by atoms with van der Waals surface area (Å²) in [5.41, 5.74) is 2.61. The zero-order valence-electron chi connectivity index (χ0n) is 12.0. The van der Waals surface area contributed by atoms with Crippen LogP contribution in [-0.2, 0) is 0 Å². The lowest BCUT2D eigenvalue weighted by Crippen LogP contribution is -2.26. The fraction of sp³-hybridized carbons (Fsp3) is 0.600. The van der Waals surface area contributed by atoms with Crippen molar-refractivity contribution in [2.24, 2.45) is 5.92 Å². The van der Waals surface area contributed by atoms with Crippen LogP contribution < -0.4 is 5.32 Å². The number of pyridine rings is 1. The predicted octanol–water partition coefficient (Wildman–Crippen LogP) is 3.81. The van der Waals surface area contributed by atoms with E-state index in [0.717, 1.165) is 29.9 Å². The van der Waals surface area contributed by atoms with Gasteiger partial charge < -0.3 is 5.32 Å². The summed E-state index contributed by atoms with van der Waals surface area (Å²) in [5.74, 6) is 1.34. The largest absolute Gasteiger partial charge is 0.366 e. The van der Waals surface area contributed by atoms with Gasteiger partial charge in [-0.05, 0) is 38.3 Å². The summed E-state index contributed by atoms with van der Waals surface area (Å²) in [6, 6.07) is 4.53. The van der Waals surface area contributed by atoms with Crippen molar-refractivity contribution in [2.75, 3.05) is 5.32 Å². The molecule has 0 spiro atoms. The summed E-state index contributed by atoms with van der Waals surface area (Å²) in [6.45, 7) is 10.5. The molecule has 1 heterocycles. The van der Waals surface area contributed by atoms with Crippen molar-refractivity contribution in [1.29, 1.82) is 5.26 Å². The molecule has 1 rings (SSSR count). The van der Waals surface area contributed by atoms with Crippen LogP contribution in [-0.4, -0.2) is 11.0 Å². The van der Waals surface area contributed by atoms with Gasteiger partial charge in [0.2, 0.25) is 0 Å². The Morgan fingerprint density at radius 2 is 1.94 bits per heavy atom. The zero-order valence-corrected chi connectivity index (χ0v) is 12.0. The van der Waals surface area contributed by atoms with E-state index in [0.29, 0.717) is 17.5 Å². The number of nitrogens with one attached hydrogen (secondary N) is 1. The molecule has 3 nitrogen and oxygen atoms in total. The van der Waals surface area contributed by atoms with E-state index >= 15 is 0 Å². The van der Waals surface area contributed by atoms with E-state index in [9.17, 15) is 5.26 Å². The molecule has 0 saturated carbocycles. The van der Waals surface area contributed by atoms with Crippen LogP contribution in [0.25, 0.3) is 0 Å². The Kier molecular flexibility index (Phi) is 5.15. The zero-order chi connectivity index (χ0) is 13.7. The summed E-state index contributed by atoms with van der Waals surface area (Å²) < 4.78 is 0. The van der Waals surface area contributed by atoms with Gasteiger partial charge in [0.05, 0.1) is 5.56 Å². The number of aromatic nitrogens is 1. The van der Waals surface area contributed by atoms with Crippen molar-refractivity contribution in [3.8, 4) is 6.07 Å². The average molecular weight is 245 g/mol. The lowest BCUT2D eigenvalue weighted by molar-refractivity contribution is 0.437. The second-order valence-corrected chi connectivity index (χ2v) is 4.93. The van der Waals surface area contributed by atoms with E-state index < -0.39 is 0 Å². The van der Waals surface area contributed by atoms with E-state index in [1.165, 1.54) is 0 Å². The van der Waals surface area contributed by atoms with Crippen molar-refractivity contribution in [1.82, 2.24) is 4.98 Å². The van der Waals surface area contributed by atoms with Crippen molar-refractivity contribution in [2.45, 2.75) is 53.5 Å². The summed E-state index contributed by atoms with van der Waals surface area (Å²) in [7, 11) is 0. The quantitative estimate of drug-likeness (QED) is 0.858. The van der Waals surface area contributed by atoms with Gasteiger partial charge in [0.25, 0.3) is 0 Å². The Morgan fingerprint density at radius 3 is 2.44 bits per heavy atom. The SMILES string of the molecule is CCC(CC)C(C)Nc1nc(C)cc(C)c1C#N. The van der Waals surface area contributed by atoms with Gasteiger partial charge in [-0.15, -0.1) is 0 Å². The third-order valence-electron chi connectivity index (χ3n) is 3.58. The Bertz CT molecular complexity index is 442. The van der Waals surface area contributed by atoms with Gasteiger partial charge in [0.15, 0.2) is 0 Å². The molecule has 1 unspecified atom stereocenters. The maximum Gasteiger partial charge on any atom is 0.144 e. The first kappa shape index (κ1) is 14.5. The van der Waals surface area contributed by atoms with Crippen molar-refractivity contribution < 1.29 is 0 Å². The molecule has 0 fully saturated rings. The maximum atomic E-state index is 9.23. The number of aryl methyl sites for hydroxylation is 2. The van der Waals surface area contributed by atoms with Crippen LogP contribution in [0, 0.1) is 31.1 Å². The van der Waals surface area contributed by atoms with Crippen LogP contribution in [0.2, 0.25) is 0 Å². The smallest absolute Gasteiger partial charge is 0.144 e. The van der Waals surface area contributed by atoms with Crippen LogP contribution >= 0.6 is 0 Å². The normalized spacial score (nSPS) is 12.3. The molecule has 18 heavy (non-hydrogen) atoms. The number of rotatable bonds is 5. The molecule has 98 valence electrons. The Hall–Kier alpha value is -1.56. The highest BCUT2D eigenvalue weighted by atomic mass is 15.0. The first-order chi connectivity index (χ1) is 8.53. The van der Waals surface area contributed by atoms with Crippen molar-refractivity contribution in [3.63, 3.8) is 0 Å². The van der Waals surface area contributed by atoms with E-state index in [4.69, 9.17) is 0 Å². The second-order valence-electron chi connectivity index (χ2n) is 4.93. The summed E-state index contributed by atoms with van der Waals surface area (Å²) in [4.78, 5) is 4.46. The van der Waals surface area contributed by atoms with Gasteiger partial charge in [0, 0.05) is 11.7 Å². The van der Waals surface area contributed by atoms with Crippen LogP contribution in [0.1, 0.15) is 50.4 Å². The first-order valence-electron chi connectivity index (χ1n) is 6.68. The number of hydrogen-bond acceptors (Lipinski definition) is 3. The highest BCUT2D eigenvalue weighted by Gasteiger charge is 2.16. The number of anilines is 1. The van der Waals surface area contributed by atoms with E-state index in [1.807, 2.05) is 19.9 Å². The molecule has 0 saturated heterocycles. The molecule has 1 atom stereocenters. The topological polar surface area (TPSA) is 48.7 Å². The molecular weight excluding hydrogens is 222 g/mol. The van der Waals surface area contributed by atoms with Crippen molar-refractivity contribution in [3.05, 3.63) is 22.9 Å². The minimum atomic E-state index is 0.334. The second kappa shape index (κ2) is 6.39. The highest BCUT2D eigenvalue weighted by molar-refractivity contribution is 5.56. The van der Waals surface area contributed by atoms with Crippen LogP contribution in [0.15, 0.2) is 6.07 Å². The number of nitrogens with zero attached hydrogens (tertiary/aromatic N) is 2. The van der Waals surface area contributed by atoms with E-state index in [1.54, 1.807) is 0 Å². The Morgan fingerprint density at radius 1 is 1.33 bits per heavy atom. The standard InChI is InChI=1S/C15H23N3/c1-6-13(7-2)12(5)18-15-14(9-16)10(3)8-11(4)17-15/h8,12-13H,6-7H2,1-5H3,(H,17,18). The van der Waals surface area contributed by atoms with Gasteiger partial charge >= 0.3 is 0 Å². The van der Waals surface area contributed by atoms with Crippen LogP contribution in [0.4, 0.5) is 5.82 Å². The Labute approximate surface area is 110 Å². The predicted molar refractivity (Wildman–Crippen MR) is 75.6 cm³/mol. The molecule has 0 radical (unpaired) electrons. The first-order valence-corrected chi connectivity index (χ1v) is 6.68. The molecule has 1 aromatic rings. The molecule has 0 aliphatic rings. The third kappa shape index (κ3) is 3.22. The molecule has 0 aliphatic heterocycles. The van der Waals surface area contributed by atoms with E-state index in [-0.39, 0.29) is 0 Å². The monoisotopic (exact) mass is 245 g/mol. The van der Waals surface area contributed by atoms with Crippen molar-refractivity contribution >= 4 is 5.82 Å². The lowest BCUT2D eigenvalue weighted by Gasteiger charge is -2.24. The Balaban J connectivity index is 3.00. The number of nitriles is 1. The highest BCUT2D eigenvalue weighted by Crippen LogP contribution is 2.22. The maximum absolute atomic E-state index is 9.23. The van der Waals surface area contributed by atoms with Gasteiger partial charge in [-0.1, -0.05) is 26.7 Å². The summed E-state index contributed by atoms with van der Waals surface area (Å²) in [5, 5.41) is 12.6. The number of hydrogen-bond donors (Lipinski definition) is 1. The average Bonchev–Trinajstić information content (AvgIpc) is 2.30. The summed E-state index contributed by atoms with van der Waals surface area (Å²) >= 11 is 0. The van der Waals surface area contributed by atoms with Crippen LogP contribution in [0.5, 0.6) is 0 Å². The molecule has 0 aliphatic carbocycles. The van der Waals surface area contributed by atoms with Gasteiger partial charge in [-0.25, -0.2) is 4.98 Å². The lowest BCUT2D eigenvalue weighted by atomic mass is 9.95. The molecule has 1 N–H and O–H groups in total. The molecular formula is C15H23N3. The fourth-order valence-corrected chi connectivity index (χ4v) is 2.41. The molecule has 1 aromatic heterocycles. The van der Waals surface area contributed by atoms with Gasteiger partial charge in [-0.2, -0.15) is 5.26 Å². The molecule has 0 amide bonds. The molecule has 3 heteroatoms. The van der Waals surface area contributed by atoms with Gasteiger partial charge in [0.1, 0.15) is 11.9 Å². The van der Waals surface area contributed by atoms with Gasteiger partial charge in [-0.3, -0.25) is 0 Å². The van der Waals surface area contributed by atoms with Crippen LogP contribution in [0.3, 0.4) is 0 Å². The third-order valence-corrected chi connectivity index (χ3v) is 3.58. The summed E-state index contributed by atoms with van der Waals surface area (Å²) in [6.07, 6.45) is 2.27. The molecule has 0 aromatic carbocycles. The van der Waals surface area contributed by atoms with E-state index in [2.05, 4.69) is 37.1 Å².